The van der Waals surface area contributed by atoms with Gasteiger partial charge in [-0.05, 0) is 13.3 Å². The van der Waals surface area contributed by atoms with Gasteiger partial charge < -0.3 is 4.74 Å². The van der Waals surface area contributed by atoms with Gasteiger partial charge in [0.1, 0.15) is 0 Å². The van der Waals surface area contributed by atoms with E-state index >= 15 is 0 Å². The molecule has 8 heavy (non-hydrogen) atoms. The summed E-state index contributed by atoms with van der Waals surface area (Å²) < 4.78 is 4.96. The highest BCUT2D eigenvalue weighted by Crippen LogP contribution is 1.84. The highest BCUT2D eigenvalue weighted by Gasteiger charge is 1.83. The Hall–Kier alpha value is -0.370. The van der Waals surface area contributed by atoms with E-state index in [0.717, 1.165) is 13.0 Å². The largest absolute Gasteiger partial charge is 0.382 e. The second kappa shape index (κ2) is 6.63. The molecule has 0 aromatic carbocycles. The predicted octanol–water partition coefficient (Wildman–Crippen LogP) is 0.913. The van der Waals surface area contributed by atoms with Crippen molar-refractivity contribution in [2.45, 2.75) is 19.8 Å². The second-order valence-corrected chi connectivity index (χ2v) is 1.44. The Bertz CT molecular complexity index is 52.5. The van der Waals surface area contributed by atoms with Crippen LogP contribution in [0.3, 0.4) is 0 Å². The lowest BCUT2D eigenvalue weighted by Crippen LogP contribution is -1.92. The lowest BCUT2D eigenvalue weighted by Gasteiger charge is -1.94. The van der Waals surface area contributed by atoms with Gasteiger partial charge in [-0.2, -0.15) is 0 Å². The average Bonchev–Trinajstić information content (AvgIpc) is 1.81. The van der Waals surface area contributed by atoms with Gasteiger partial charge in [-0.25, -0.2) is 0 Å². The summed E-state index contributed by atoms with van der Waals surface area (Å²) in [6.45, 7) is 3.36. The van der Waals surface area contributed by atoms with Crippen LogP contribution in [0, 0.1) is 0 Å². The van der Waals surface area contributed by atoms with Crippen molar-refractivity contribution in [2.75, 3.05) is 13.2 Å². The molecule has 2 heteroatoms. The smallest absolute Gasteiger partial charge is 0.198 e. The van der Waals surface area contributed by atoms with Crippen molar-refractivity contribution < 1.29 is 9.53 Å². The maximum absolute atomic E-state index is 9.59. The van der Waals surface area contributed by atoms with E-state index in [1.807, 2.05) is 6.92 Å². The SMILES string of the molecule is CCOCCC[C]=O. The molecule has 0 N–H and O–H groups in total. The number of carbonyl (C=O) groups excluding carboxylic acids is 1. The topological polar surface area (TPSA) is 26.3 Å². The highest BCUT2D eigenvalue weighted by molar-refractivity contribution is 5.50. The number of hydrogen-bond donors (Lipinski definition) is 0. The normalized spacial score (nSPS) is 9.12. The fraction of sp³-hybridized carbons (Fsp3) is 0.833. The van der Waals surface area contributed by atoms with Crippen molar-refractivity contribution in [1.29, 1.82) is 0 Å². The van der Waals surface area contributed by atoms with Crippen LogP contribution in [0.1, 0.15) is 19.8 Å². The van der Waals surface area contributed by atoms with Crippen molar-refractivity contribution in [3.8, 4) is 0 Å². The summed E-state index contributed by atoms with van der Waals surface area (Å²) in [7, 11) is 0. The Morgan fingerprint density at radius 2 is 2.38 bits per heavy atom. The van der Waals surface area contributed by atoms with Crippen LogP contribution in [-0.4, -0.2) is 19.5 Å². The molecule has 0 heterocycles. The standard InChI is InChI=1S/C6H11O2/c1-2-8-6-4-3-5-7/h2-4,6H2,1H3. The van der Waals surface area contributed by atoms with Crippen LogP contribution < -0.4 is 0 Å². The molecular formula is C6H11O2. The molecule has 0 spiro atoms. The summed E-state index contributed by atoms with van der Waals surface area (Å²) in [5, 5.41) is 0. The fourth-order valence-corrected chi connectivity index (χ4v) is 0.391. The molecule has 0 fully saturated rings. The molecule has 0 atom stereocenters. The van der Waals surface area contributed by atoms with Gasteiger partial charge in [-0.15, -0.1) is 0 Å². The van der Waals surface area contributed by atoms with Crippen LogP contribution in [0.15, 0.2) is 0 Å². The van der Waals surface area contributed by atoms with Crippen molar-refractivity contribution in [1.82, 2.24) is 0 Å². The quantitative estimate of drug-likeness (QED) is 0.498. The zero-order valence-corrected chi connectivity index (χ0v) is 5.14. The third-order valence-electron chi connectivity index (χ3n) is 0.772. The second-order valence-electron chi connectivity index (χ2n) is 1.44. The minimum absolute atomic E-state index is 0.500. The maximum atomic E-state index is 9.59. The van der Waals surface area contributed by atoms with Crippen LogP contribution >= 0.6 is 0 Å². The van der Waals surface area contributed by atoms with Crippen molar-refractivity contribution >= 4 is 6.29 Å². The van der Waals surface area contributed by atoms with E-state index in [0.29, 0.717) is 13.0 Å². The van der Waals surface area contributed by atoms with E-state index in [-0.39, 0.29) is 0 Å². The van der Waals surface area contributed by atoms with Gasteiger partial charge in [-0.3, -0.25) is 4.79 Å². The Morgan fingerprint density at radius 3 is 2.88 bits per heavy atom. The number of ether oxygens (including phenoxy) is 1. The first-order chi connectivity index (χ1) is 3.91. The lowest BCUT2D eigenvalue weighted by molar-refractivity contribution is 0.146. The molecule has 0 aliphatic rings. The van der Waals surface area contributed by atoms with E-state index in [4.69, 9.17) is 4.74 Å². The first-order valence-electron chi connectivity index (χ1n) is 2.84. The van der Waals surface area contributed by atoms with E-state index in [2.05, 4.69) is 0 Å². The fourth-order valence-electron chi connectivity index (χ4n) is 0.391. The van der Waals surface area contributed by atoms with Crippen LogP contribution in [0.4, 0.5) is 0 Å². The molecule has 47 valence electrons. The minimum atomic E-state index is 0.500. The molecule has 0 aliphatic heterocycles. The molecule has 1 radical (unpaired) electrons. The first kappa shape index (κ1) is 7.63. The van der Waals surface area contributed by atoms with Gasteiger partial charge >= 0.3 is 0 Å². The summed E-state index contributed by atoms with van der Waals surface area (Å²) in [5.74, 6) is 0. The Morgan fingerprint density at radius 1 is 1.62 bits per heavy atom. The van der Waals surface area contributed by atoms with Crippen LogP contribution in [0.5, 0.6) is 0 Å². The van der Waals surface area contributed by atoms with E-state index in [1.54, 1.807) is 6.29 Å². The van der Waals surface area contributed by atoms with Gasteiger partial charge in [0.05, 0.1) is 0 Å². The van der Waals surface area contributed by atoms with Crippen LogP contribution in [0.25, 0.3) is 0 Å². The van der Waals surface area contributed by atoms with Gasteiger partial charge in [0.2, 0.25) is 0 Å². The van der Waals surface area contributed by atoms with Gasteiger partial charge in [0.15, 0.2) is 6.29 Å². The Balaban J connectivity index is 2.62. The summed E-state index contributed by atoms with van der Waals surface area (Å²) in [6.07, 6.45) is 3.10. The molecule has 0 unspecified atom stereocenters. The molecule has 0 bridgehead atoms. The van der Waals surface area contributed by atoms with Crippen molar-refractivity contribution in [3.63, 3.8) is 0 Å². The minimum Gasteiger partial charge on any atom is -0.382 e. The molecule has 0 amide bonds. The number of hydrogen-bond acceptors (Lipinski definition) is 2. The van der Waals surface area contributed by atoms with Crippen molar-refractivity contribution in [2.24, 2.45) is 0 Å². The van der Waals surface area contributed by atoms with Crippen molar-refractivity contribution in [3.05, 3.63) is 0 Å². The summed E-state index contributed by atoms with van der Waals surface area (Å²) in [5.41, 5.74) is 0. The molecule has 0 rings (SSSR count). The molecule has 0 aromatic rings. The Kier molecular flexibility index (Phi) is 6.32. The maximum Gasteiger partial charge on any atom is 0.198 e. The van der Waals surface area contributed by atoms with Crippen LogP contribution in [-0.2, 0) is 9.53 Å². The average molecular weight is 115 g/mol. The lowest BCUT2D eigenvalue weighted by atomic mass is 10.3. The zero-order chi connectivity index (χ0) is 6.24. The number of unbranched alkanes of at least 4 members (excludes halogenated alkanes) is 1. The molecule has 0 aliphatic carbocycles. The monoisotopic (exact) mass is 115 g/mol. The molecule has 2 nitrogen and oxygen atoms in total. The first-order valence-corrected chi connectivity index (χ1v) is 2.84. The van der Waals surface area contributed by atoms with E-state index < -0.39 is 0 Å². The van der Waals surface area contributed by atoms with Gasteiger partial charge in [-0.1, -0.05) is 0 Å². The molecule has 0 saturated heterocycles. The highest BCUT2D eigenvalue weighted by atomic mass is 16.5. The molecule has 0 aromatic heterocycles. The third-order valence-corrected chi connectivity index (χ3v) is 0.772. The summed E-state index contributed by atoms with van der Waals surface area (Å²) in [4.78, 5) is 9.59. The zero-order valence-electron chi connectivity index (χ0n) is 5.14. The van der Waals surface area contributed by atoms with Gasteiger partial charge in [0.25, 0.3) is 0 Å². The van der Waals surface area contributed by atoms with Gasteiger partial charge in [0, 0.05) is 19.6 Å². The summed E-state index contributed by atoms with van der Waals surface area (Å²) in [6, 6.07) is 0. The van der Waals surface area contributed by atoms with E-state index in [1.165, 1.54) is 0 Å². The molecule has 0 saturated carbocycles. The third kappa shape index (κ3) is 5.63. The predicted molar refractivity (Wildman–Crippen MR) is 31.4 cm³/mol. The molecular weight excluding hydrogens is 104 g/mol. The Labute approximate surface area is 49.8 Å². The van der Waals surface area contributed by atoms with Crippen LogP contribution in [0.2, 0.25) is 0 Å². The van der Waals surface area contributed by atoms with E-state index in [9.17, 15) is 4.79 Å². The number of rotatable bonds is 5. The summed E-state index contributed by atoms with van der Waals surface area (Å²) >= 11 is 0.